The molecule has 2 heterocycles. The van der Waals surface area contributed by atoms with Gasteiger partial charge in [-0.15, -0.1) is 0 Å². The van der Waals surface area contributed by atoms with Crippen molar-refractivity contribution in [3.05, 3.63) is 64.5 Å². The molecule has 128 valence electrons. The van der Waals surface area contributed by atoms with Crippen LogP contribution in [0.15, 0.2) is 36.4 Å². The fourth-order valence-electron chi connectivity index (χ4n) is 3.44. The van der Waals surface area contributed by atoms with E-state index in [9.17, 15) is 14.0 Å². The summed E-state index contributed by atoms with van der Waals surface area (Å²) >= 11 is 0. The van der Waals surface area contributed by atoms with Crippen molar-refractivity contribution in [2.24, 2.45) is 0 Å². The summed E-state index contributed by atoms with van der Waals surface area (Å²) in [6.07, 6.45) is 0.0680. The lowest BCUT2D eigenvalue weighted by Crippen LogP contribution is -2.34. The van der Waals surface area contributed by atoms with Crippen molar-refractivity contribution in [3.63, 3.8) is 0 Å². The lowest BCUT2D eigenvalue weighted by Gasteiger charge is -2.25. The maximum Gasteiger partial charge on any atom is 0.228 e. The van der Waals surface area contributed by atoms with Gasteiger partial charge in [-0.05, 0) is 34.4 Å². The Hall–Kier alpha value is -2.73. The molecule has 4 rings (SSSR count). The molecule has 0 bridgehead atoms. The van der Waals surface area contributed by atoms with Crippen molar-refractivity contribution in [1.82, 2.24) is 10.6 Å². The largest absolute Gasteiger partial charge is 0.351 e. The molecule has 1 atom stereocenters. The Morgan fingerprint density at radius 1 is 1.16 bits per heavy atom. The molecule has 2 aromatic rings. The average molecular weight is 339 g/mol. The Labute approximate surface area is 144 Å². The number of hydrogen-bond donors (Lipinski definition) is 3. The van der Waals surface area contributed by atoms with Crippen molar-refractivity contribution in [3.8, 4) is 0 Å². The molecular formula is C19H18FN3O2. The van der Waals surface area contributed by atoms with Gasteiger partial charge in [-0.3, -0.25) is 9.59 Å². The summed E-state index contributed by atoms with van der Waals surface area (Å²) in [6.45, 7) is 2.13. The first-order valence-electron chi connectivity index (χ1n) is 8.28. The van der Waals surface area contributed by atoms with E-state index in [1.54, 1.807) is 6.07 Å². The van der Waals surface area contributed by atoms with Crippen LogP contribution in [0.1, 0.15) is 34.6 Å². The highest BCUT2D eigenvalue weighted by Crippen LogP contribution is 2.32. The number of amides is 2. The maximum atomic E-state index is 13.4. The van der Waals surface area contributed by atoms with Crippen molar-refractivity contribution >= 4 is 17.5 Å². The zero-order chi connectivity index (χ0) is 17.4. The molecule has 3 N–H and O–H groups in total. The minimum Gasteiger partial charge on any atom is -0.351 e. The van der Waals surface area contributed by atoms with Gasteiger partial charge in [0.2, 0.25) is 11.8 Å². The van der Waals surface area contributed by atoms with Gasteiger partial charge >= 0.3 is 0 Å². The molecular weight excluding hydrogens is 321 g/mol. The van der Waals surface area contributed by atoms with E-state index in [0.717, 1.165) is 18.7 Å². The van der Waals surface area contributed by atoms with Crippen molar-refractivity contribution in [1.29, 1.82) is 0 Å². The van der Waals surface area contributed by atoms with Gasteiger partial charge in [-0.25, -0.2) is 4.39 Å². The topological polar surface area (TPSA) is 70.2 Å². The second kappa shape index (κ2) is 6.29. The van der Waals surface area contributed by atoms with Crippen LogP contribution in [0.2, 0.25) is 0 Å². The fraction of sp³-hybridized carbons (Fsp3) is 0.263. The molecule has 0 saturated heterocycles. The van der Waals surface area contributed by atoms with E-state index in [1.165, 1.54) is 23.3 Å². The van der Waals surface area contributed by atoms with Crippen molar-refractivity contribution in [2.75, 3.05) is 5.32 Å². The number of halogens is 1. The quantitative estimate of drug-likeness (QED) is 0.803. The van der Waals surface area contributed by atoms with Gasteiger partial charge in [0.15, 0.2) is 0 Å². The molecule has 2 aromatic carbocycles. The van der Waals surface area contributed by atoms with Crippen LogP contribution in [0.5, 0.6) is 0 Å². The summed E-state index contributed by atoms with van der Waals surface area (Å²) in [4.78, 5) is 24.4. The number of hydrogen-bond acceptors (Lipinski definition) is 3. The number of carbonyl (C=O) groups is 2. The second-order valence-electron chi connectivity index (χ2n) is 6.46. The van der Waals surface area contributed by atoms with E-state index in [0.29, 0.717) is 17.8 Å². The van der Waals surface area contributed by atoms with E-state index in [2.05, 4.69) is 28.1 Å². The number of benzene rings is 2. The van der Waals surface area contributed by atoms with Crippen LogP contribution in [-0.4, -0.2) is 11.8 Å². The highest BCUT2D eigenvalue weighted by Gasteiger charge is 2.30. The van der Waals surface area contributed by atoms with Crippen LogP contribution in [0.3, 0.4) is 0 Å². The van der Waals surface area contributed by atoms with Crippen LogP contribution < -0.4 is 16.0 Å². The van der Waals surface area contributed by atoms with Crippen molar-refractivity contribution < 1.29 is 14.0 Å². The molecule has 0 spiro atoms. The molecule has 0 fully saturated rings. The molecule has 6 heteroatoms. The first kappa shape index (κ1) is 15.8. The number of fused-ring (bicyclic) bond motifs is 2. The van der Waals surface area contributed by atoms with Gasteiger partial charge in [0.05, 0.1) is 5.92 Å². The molecule has 0 radical (unpaired) electrons. The summed E-state index contributed by atoms with van der Waals surface area (Å²) < 4.78 is 13.4. The van der Waals surface area contributed by atoms with E-state index in [4.69, 9.17) is 0 Å². The molecule has 2 amide bonds. The summed E-state index contributed by atoms with van der Waals surface area (Å²) in [5.74, 6) is -1.53. The Balaban J connectivity index is 1.49. The average Bonchev–Trinajstić information content (AvgIpc) is 3.06. The van der Waals surface area contributed by atoms with Gasteiger partial charge in [-0.2, -0.15) is 0 Å². The zero-order valence-electron chi connectivity index (χ0n) is 13.6. The minimum absolute atomic E-state index is 0.0680. The lowest BCUT2D eigenvalue weighted by atomic mass is 9.89. The second-order valence-corrected chi connectivity index (χ2v) is 6.46. The predicted octanol–water partition coefficient (Wildman–Crippen LogP) is 2.17. The molecule has 0 aliphatic carbocycles. The van der Waals surface area contributed by atoms with Crippen LogP contribution in [0.25, 0.3) is 0 Å². The summed E-state index contributed by atoms with van der Waals surface area (Å²) in [6, 6.07) is 10.3. The van der Waals surface area contributed by atoms with Crippen molar-refractivity contribution in [2.45, 2.75) is 32.0 Å². The number of carbonyl (C=O) groups excluding carboxylic acids is 2. The molecule has 2 aliphatic rings. The van der Waals surface area contributed by atoms with Gasteiger partial charge in [0.25, 0.3) is 0 Å². The maximum absolute atomic E-state index is 13.4. The Morgan fingerprint density at radius 3 is 2.88 bits per heavy atom. The first-order valence-corrected chi connectivity index (χ1v) is 8.28. The standard InChI is InChI=1S/C19H18FN3O2/c20-14-3-4-15-16(7-18(24)23-17(15)6-14)19(25)22-8-11-1-2-12-9-21-10-13(12)5-11/h1-6,16,21H,7-10H2,(H,22,25)(H,23,24). The van der Waals surface area contributed by atoms with Crippen LogP contribution in [0, 0.1) is 5.82 Å². The van der Waals surface area contributed by atoms with Gasteiger partial charge < -0.3 is 16.0 Å². The number of anilines is 1. The Morgan fingerprint density at radius 2 is 2.00 bits per heavy atom. The zero-order valence-corrected chi connectivity index (χ0v) is 13.6. The molecule has 0 aromatic heterocycles. The van der Waals surface area contributed by atoms with Gasteiger partial charge in [0, 0.05) is 31.7 Å². The Bertz CT molecular complexity index is 866. The molecule has 1 unspecified atom stereocenters. The third-order valence-corrected chi connectivity index (χ3v) is 4.74. The monoisotopic (exact) mass is 339 g/mol. The highest BCUT2D eigenvalue weighted by molar-refractivity contribution is 6.01. The third-order valence-electron chi connectivity index (χ3n) is 4.74. The van der Waals surface area contributed by atoms with Crippen LogP contribution in [0.4, 0.5) is 10.1 Å². The van der Waals surface area contributed by atoms with Crippen LogP contribution >= 0.6 is 0 Å². The SMILES string of the molecule is O=C1CC(C(=O)NCc2ccc3c(c2)CNC3)c2ccc(F)cc2N1. The van der Waals surface area contributed by atoms with E-state index in [1.807, 2.05) is 6.07 Å². The minimum atomic E-state index is -0.597. The normalized spacial score (nSPS) is 18.3. The lowest BCUT2D eigenvalue weighted by molar-refractivity contribution is -0.126. The van der Waals surface area contributed by atoms with E-state index >= 15 is 0 Å². The molecule has 25 heavy (non-hydrogen) atoms. The van der Waals surface area contributed by atoms with Gasteiger partial charge in [-0.1, -0.05) is 24.3 Å². The molecule has 5 nitrogen and oxygen atoms in total. The summed E-state index contributed by atoms with van der Waals surface area (Å²) in [5, 5.41) is 8.81. The summed E-state index contributed by atoms with van der Waals surface area (Å²) in [5.41, 5.74) is 4.59. The first-order chi connectivity index (χ1) is 12.1. The number of nitrogens with one attached hydrogen (secondary N) is 3. The molecule has 0 saturated carbocycles. The molecule has 2 aliphatic heterocycles. The van der Waals surface area contributed by atoms with Crippen LogP contribution in [-0.2, 0) is 29.2 Å². The van der Waals surface area contributed by atoms with Gasteiger partial charge in [0.1, 0.15) is 5.82 Å². The highest BCUT2D eigenvalue weighted by atomic mass is 19.1. The number of rotatable bonds is 3. The fourth-order valence-corrected chi connectivity index (χ4v) is 3.44. The summed E-state index contributed by atoms with van der Waals surface area (Å²) in [7, 11) is 0. The smallest absolute Gasteiger partial charge is 0.228 e. The van der Waals surface area contributed by atoms with E-state index < -0.39 is 11.7 Å². The Kier molecular flexibility index (Phi) is 3.97. The third kappa shape index (κ3) is 3.13. The van der Waals surface area contributed by atoms with E-state index in [-0.39, 0.29) is 18.2 Å². The predicted molar refractivity (Wildman–Crippen MR) is 91.2 cm³/mol.